The molecule has 0 bridgehead atoms. The smallest absolute Gasteiger partial charge is 0.471 e. The van der Waals surface area contributed by atoms with E-state index in [0.717, 1.165) is 18.2 Å². The highest BCUT2D eigenvalue weighted by Crippen LogP contribution is 2.41. The Kier molecular flexibility index (Phi) is 6.95. The molecule has 3 N–H and O–H groups in total. The van der Waals surface area contributed by atoms with Crippen molar-refractivity contribution in [2.24, 2.45) is 5.41 Å². The van der Waals surface area contributed by atoms with E-state index < -0.39 is 25.7 Å². The Morgan fingerprint density at radius 1 is 1.29 bits per heavy atom. The van der Waals surface area contributed by atoms with Crippen molar-refractivity contribution in [1.82, 2.24) is 15.1 Å². The number of rotatable bonds is 8. The van der Waals surface area contributed by atoms with Crippen LogP contribution in [0.25, 0.3) is 0 Å². The molecule has 2 aromatic rings. The van der Waals surface area contributed by atoms with Crippen LogP contribution in [0, 0.1) is 17.0 Å². The van der Waals surface area contributed by atoms with E-state index in [2.05, 4.69) is 14.9 Å². The van der Waals surface area contributed by atoms with Crippen molar-refractivity contribution in [2.75, 3.05) is 7.05 Å². The van der Waals surface area contributed by atoms with E-state index in [0.29, 0.717) is 6.54 Å². The number of aromatic nitrogens is 2. The molecule has 1 atom stereocenters. The fourth-order valence-electron chi connectivity index (χ4n) is 2.42. The summed E-state index contributed by atoms with van der Waals surface area (Å²) in [5.74, 6) is -0.973. The minimum atomic E-state index is -4.77. The Labute approximate surface area is 161 Å². The predicted octanol–water partition coefficient (Wildman–Crippen LogP) is 3.11. The highest BCUT2D eigenvalue weighted by molar-refractivity contribution is 7.46. The topological polar surface area (TPSA) is 106 Å². The number of phosphoric ester groups is 1. The first-order valence-corrected chi connectivity index (χ1v) is 9.97. The van der Waals surface area contributed by atoms with Crippen LogP contribution in [0.3, 0.4) is 0 Å². The van der Waals surface area contributed by atoms with Crippen LogP contribution >= 0.6 is 7.82 Å². The molecule has 11 heteroatoms. The summed E-state index contributed by atoms with van der Waals surface area (Å²) in [5, 5.41) is 6.91. The van der Waals surface area contributed by atoms with Crippen molar-refractivity contribution >= 4 is 7.82 Å². The van der Waals surface area contributed by atoms with Crippen LogP contribution in [0.5, 0.6) is 5.88 Å². The van der Waals surface area contributed by atoms with Crippen LogP contribution in [0.2, 0.25) is 0 Å². The van der Waals surface area contributed by atoms with Gasteiger partial charge in [0.25, 0.3) is 0 Å². The summed E-state index contributed by atoms with van der Waals surface area (Å²) in [6, 6.07) is 4.49. The first kappa shape index (κ1) is 22.4. The number of halogens is 2. The second kappa shape index (κ2) is 8.67. The van der Waals surface area contributed by atoms with E-state index in [4.69, 9.17) is 14.5 Å². The van der Waals surface area contributed by atoms with Gasteiger partial charge in [-0.25, -0.2) is 18.0 Å². The molecule has 0 aliphatic rings. The summed E-state index contributed by atoms with van der Waals surface area (Å²) in [7, 11) is -3.32. The van der Waals surface area contributed by atoms with Crippen molar-refractivity contribution in [1.29, 1.82) is 0 Å². The Balaban J connectivity index is 2.31. The molecule has 0 radical (unpaired) electrons. The number of benzene rings is 1. The Hall–Kier alpha value is -1.84. The lowest BCUT2D eigenvalue weighted by Gasteiger charge is -2.20. The maximum absolute atomic E-state index is 13.8. The Morgan fingerprint density at radius 3 is 2.54 bits per heavy atom. The molecule has 2 rings (SSSR count). The molecule has 1 aromatic carbocycles. The Morgan fingerprint density at radius 2 is 1.96 bits per heavy atom. The molecular formula is C17H24F2N3O5P. The minimum absolute atomic E-state index is 0.0293. The molecule has 156 valence electrons. The molecular weight excluding hydrogens is 395 g/mol. The van der Waals surface area contributed by atoms with Crippen molar-refractivity contribution < 1.29 is 32.4 Å². The van der Waals surface area contributed by atoms with Crippen LogP contribution in [-0.4, -0.2) is 26.6 Å². The maximum atomic E-state index is 13.8. The third kappa shape index (κ3) is 6.65. The average Bonchev–Trinajstić information content (AvgIpc) is 2.93. The van der Waals surface area contributed by atoms with Crippen LogP contribution in [-0.2, 0) is 22.2 Å². The first-order valence-electron chi connectivity index (χ1n) is 8.43. The maximum Gasteiger partial charge on any atom is 0.471 e. The zero-order chi connectivity index (χ0) is 21.1. The van der Waals surface area contributed by atoms with Crippen molar-refractivity contribution in [2.45, 2.75) is 40.2 Å². The molecule has 0 amide bonds. The fourth-order valence-corrected chi connectivity index (χ4v) is 2.91. The summed E-state index contributed by atoms with van der Waals surface area (Å²) < 4.78 is 50.1. The van der Waals surface area contributed by atoms with E-state index in [1.807, 2.05) is 20.8 Å². The summed E-state index contributed by atoms with van der Waals surface area (Å²) >= 11 is 0. The number of nitrogens with one attached hydrogen (secondary N) is 1. The van der Waals surface area contributed by atoms with Gasteiger partial charge in [0.15, 0.2) is 6.23 Å². The van der Waals surface area contributed by atoms with E-state index in [9.17, 15) is 13.3 Å². The largest absolute Gasteiger partial charge is 0.473 e. The highest BCUT2D eigenvalue weighted by Gasteiger charge is 2.27. The van der Waals surface area contributed by atoms with E-state index in [1.165, 1.54) is 17.8 Å². The molecule has 0 fully saturated rings. The molecule has 0 saturated carbocycles. The number of ether oxygens (including phenoxy) is 1. The third-order valence-electron chi connectivity index (χ3n) is 3.54. The zero-order valence-electron chi connectivity index (χ0n) is 16.0. The van der Waals surface area contributed by atoms with Crippen molar-refractivity contribution in [3.63, 3.8) is 0 Å². The van der Waals surface area contributed by atoms with Crippen LogP contribution < -0.4 is 10.1 Å². The molecule has 1 unspecified atom stereocenters. The molecule has 0 saturated heterocycles. The van der Waals surface area contributed by atoms with Gasteiger partial charge in [0.05, 0.1) is 0 Å². The minimum Gasteiger partial charge on any atom is -0.473 e. The van der Waals surface area contributed by atoms with Gasteiger partial charge in [-0.2, -0.15) is 5.10 Å². The average molecular weight is 419 g/mol. The SMILES string of the molecule is CNC(OP(=O)(O)O)c1cc(OCc2cc(F)ccc2F)n(CC(C)(C)C)n1. The normalized spacial score (nSPS) is 13.6. The van der Waals surface area contributed by atoms with Crippen LogP contribution in [0.15, 0.2) is 24.3 Å². The van der Waals surface area contributed by atoms with Crippen LogP contribution in [0.4, 0.5) is 8.78 Å². The van der Waals surface area contributed by atoms with Gasteiger partial charge in [-0.3, -0.25) is 9.84 Å². The summed E-state index contributed by atoms with van der Waals surface area (Å²) in [4.78, 5) is 18.1. The third-order valence-corrected chi connectivity index (χ3v) is 4.03. The number of nitrogens with zero attached hydrogens (tertiary/aromatic N) is 2. The van der Waals surface area contributed by atoms with Crippen molar-refractivity contribution in [3.05, 3.63) is 47.2 Å². The van der Waals surface area contributed by atoms with Gasteiger partial charge in [0.1, 0.15) is 23.9 Å². The van der Waals surface area contributed by atoms with Gasteiger partial charge in [-0.1, -0.05) is 20.8 Å². The quantitative estimate of drug-likeness (QED) is 0.446. The molecule has 0 spiro atoms. The zero-order valence-corrected chi connectivity index (χ0v) is 16.9. The molecule has 0 aliphatic heterocycles. The van der Waals surface area contributed by atoms with Gasteiger partial charge in [0, 0.05) is 18.2 Å². The first-order chi connectivity index (χ1) is 12.9. The highest BCUT2D eigenvalue weighted by atomic mass is 31.2. The summed E-state index contributed by atoms with van der Waals surface area (Å²) in [5.41, 5.74) is -0.00317. The van der Waals surface area contributed by atoms with E-state index in [1.54, 1.807) is 0 Å². The molecule has 1 aromatic heterocycles. The van der Waals surface area contributed by atoms with E-state index >= 15 is 0 Å². The molecule has 1 heterocycles. The molecule has 8 nitrogen and oxygen atoms in total. The second-order valence-corrected chi connectivity index (χ2v) is 8.61. The van der Waals surface area contributed by atoms with Gasteiger partial charge in [0.2, 0.25) is 5.88 Å². The van der Waals surface area contributed by atoms with Gasteiger partial charge in [-0.05, 0) is 30.7 Å². The lowest BCUT2D eigenvalue weighted by Crippen LogP contribution is -2.21. The van der Waals surface area contributed by atoms with Gasteiger partial charge < -0.3 is 14.5 Å². The summed E-state index contributed by atoms with van der Waals surface area (Å²) in [6.45, 7) is 6.05. The summed E-state index contributed by atoms with van der Waals surface area (Å²) in [6.07, 6.45) is -1.18. The number of hydrogen-bond acceptors (Lipinski definition) is 5. The number of phosphoric acid groups is 1. The van der Waals surface area contributed by atoms with Gasteiger partial charge >= 0.3 is 7.82 Å². The fraction of sp³-hybridized carbons (Fsp3) is 0.471. The second-order valence-electron chi connectivity index (χ2n) is 7.41. The van der Waals surface area contributed by atoms with Crippen molar-refractivity contribution in [3.8, 4) is 5.88 Å². The van der Waals surface area contributed by atoms with E-state index in [-0.39, 0.29) is 29.2 Å². The number of hydrogen-bond donors (Lipinski definition) is 3. The monoisotopic (exact) mass is 419 g/mol. The standard InChI is InChI=1S/C17H24F2N3O5P/c1-17(2,3)10-22-15(26-9-11-7-12(18)5-6-13(11)19)8-14(21-22)16(20-4)27-28(23,24)25/h5-8,16,20H,9-10H2,1-4H3,(H2,23,24,25). The van der Waals surface area contributed by atoms with Crippen LogP contribution in [0.1, 0.15) is 38.3 Å². The lowest BCUT2D eigenvalue weighted by atomic mass is 9.97. The predicted molar refractivity (Wildman–Crippen MR) is 97.3 cm³/mol. The molecule has 28 heavy (non-hydrogen) atoms. The Bertz CT molecular complexity index is 863. The van der Waals surface area contributed by atoms with Gasteiger partial charge in [-0.15, -0.1) is 0 Å². The molecule has 0 aliphatic carbocycles. The lowest BCUT2D eigenvalue weighted by molar-refractivity contribution is 0.111.